The molecular formula is C12H10N2O2. The third-order valence-electron chi connectivity index (χ3n) is 2.38. The Labute approximate surface area is 93.0 Å². The predicted molar refractivity (Wildman–Crippen MR) is 59.6 cm³/mol. The molecule has 2 aromatic rings. The number of methoxy groups -OCH3 is 2. The molecule has 0 atom stereocenters. The van der Waals surface area contributed by atoms with E-state index in [4.69, 9.17) is 14.7 Å². The molecule has 2 rings (SSSR count). The molecule has 1 heterocycles. The molecule has 0 unspecified atom stereocenters. The summed E-state index contributed by atoms with van der Waals surface area (Å²) >= 11 is 0. The number of rotatable bonds is 2. The second-order valence-electron chi connectivity index (χ2n) is 3.23. The molecule has 4 nitrogen and oxygen atoms in total. The highest BCUT2D eigenvalue weighted by Gasteiger charge is 2.08. The first-order valence-electron chi connectivity index (χ1n) is 4.70. The molecule has 0 bridgehead atoms. The summed E-state index contributed by atoms with van der Waals surface area (Å²) in [7, 11) is 3.14. The molecule has 0 amide bonds. The number of hydrogen-bond donors (Lipinski definition) is 0. The fourth-order valence-electron chi connectivity index (χ4n) is 1.59. The van der Waals surface area contributed by atoms with E-state index in [2.05, 4.69) is 11.1 Å². The van der Waals surface area contributed by atoms with Gasteiger partial charge in [0.05, 0.1) is 19.8 Å². The maximum Gasteiger partial charge on any atom is 0.161 e. The number of hydrogen-bond acceptors (Lipinski definition) is 4. The lowest BCUT2D eigenvalue weighted by Gasteiger charge is -2.09. The molecule has 0 aliphatic heterocycles. The normalized spacial score (nSPS) is 9.81. The zero-order valence-electron chi connectivity index (χ0n) is 9.02. The van der Waals surface area contributed by atoms with Crippen LogP contribution in [0.4, 0.5) is 0 Å². The molecule has 0 N–H and O–H groups in total. The lowest BCUT2D eigenvalue weighted by Crippen LogP contribution is -1.92. The monoisotopic (exact) mass is 214 g/mol. The van der Waals surface area contributed by atoms with Crippen molar-refractivity contribution in [1.29, 1.82) is 5.26 Å². The Balaban J connectivity index is 2.79. The summed E-state index contributed by atoms with van der Waals surface area (Å²) in [5.41, 5.74) is 0.526. The standard InChI is InChI=1S/C12H10N2O2/c1-15-11-3-8-6-14-7-9(5-13)10(8)4-12(11)16-2/h3-4,6-7H,1-2H3. The maximum absolute atomic E-state index is 8.96. The molecule has 0 aliphatic rings. The summed E-state index contributed by atoms with van der Waals surface area (Å²) in [6.45, 7) is 0. The van der Waals surface area contributed by atoms with Crippen molar-refractivity contribution >= 4 is 10.8 Å². The van der Waals surface area contributed by atoms with Crippen molar-refractivity contribution in [3.05, 3.63) is 30.1 Å². The fourth-order valence-corrected chi connectivity index (χ4v) is 1.59. The van der Waals surface area contributed by atoms with Gasteiger partial charge in [-0.25, -0.2) is 0 Å². The van der Waals surface area contributed by atoms with Crippen LogP contribution >= 0.6 is 0 Å². The third kappa shape index (κ3) is 1.52. The highest BCUT2D eigenvalue weighted by molar-refractivity contribution is 5.89. The summed E-state index contributed by atoms with van der Waals surface area (Å²) in [6.07, 6.45) is 3.23. The zero-order valence-corrected chi connectivity index (χ0v) is 9.02. The van der Waals surface area contributed by atoms with E-state index in [0.29, 0.717) is 17.1 Å². The number of pyridine rings is 1. The minimum atomic E-state index is 0.526. The van der Waals surface area contributed by atoms with E-state index >= 15 is 0 Å². The van der Waals surface area contributed by atoms with Crippen molar-refractivity contribution in [2.24, 2.45) is 0 Å². The first kappa shape index (κ1) is 10.2. The number of nitriles is 1. The molecule has 0 saturated heterocycles. The highest BCUT2D eigenvalue weighted by atomic mass is 16.5. The molecule has 80 valence electrons. The van der Waals surface area contributed by atoms with Crippen LogP contribution in [0, 0.1) is 11.3 Å². The van der Waals surface area contributed by atoms with Crippen molar-refractivity contribution in [3.63, 3.8) is 0 Å². The quantitative estimate of drug-likeness (QED) is 0.768. The topological polar surface area (TPSA) is 55.1 Å². The fraction of sp³-hybridized carbons (Fsp3) is 0.167. The molecule has 1 aromatic carbocycles. The summed E-state index contributed by atoms with van der Waals surface area (Å²) in [4.78, 5) is 4.00. The summed E-state index contributed by atoms with van der Waals surface area (Å²) < 4.78 is 10.4. The van der Waals surface area contributed by atoms with Gasteiger partial charge in [-0.1, -0.05) is 0 Å². The molecule has 1 aromatic heterocycles. The van der Waals surface area contributed by atoms with Gasteiger partial charge in [0.15, 0.2) is 11.5 Å². The zero-order chi connectivity index (χ0) is 11.5. The van der Waals surface area contributed by atoms with E-state index in [1.54, 1.807) is 26.5 Å². The average molecular weight is 214 g/mol. The van der Waals surface area contributed by atoms with Gasteiger partial charge in [-0.3, -0.25) is 4.98 Å². The van der Waals surface area contributed by atoms with Crippen molar-refractivity contribution in [2.75, 3.05) is 14.2 Å². The smallest absolute Gasteiger partial charge is 0.161 e. The Morgan fingerprint density at radius 3 is 2.44 bits per heavy atom. The maximum atomic E-state index is 8.96. The average Bonchev–Trinajstić information content (AvgIpc) is 2.36. The Kier molecular flexibility index (Phi) is 2.61. The molecule has 0 radical (unpaired) electrons. The Hall–Kier alpha value is -2.28. The molecule has 0 spiro atoms. The lowest BCUT2D eigenvalue weighted by molar-refractivity contribution is 0.356. The van der Waals surface area contributed by atoms with Gasteiger partial charge in [-0.15, -0.1) is 0 Å². The van der Waals surface area contributed by atoms with Crippen LogP contribution in [-0.2, 0) is 0 Å². The minimum Gasteiger partial charge on any atom is -0.493 e. The van der Waals surface area contributed by atoms with Crippen LogP contribution in [-0.4, -0.2) is 19.2 Å². The molecule has 16 heavy (non-hydrogen) atoms. The van der Waals surface area contributed by atoms with Gasteiger partial charge in [0.2, 0.25) is 0 Å². The minimum absolute atomic E-state index is 0.526. The van der Waals surface area contributed by atoms with Crippen LogP contribution in [0.25, 0.3) is 10.8 Å². The van der Waals surface area contributed by atoms with E-state index in [1.165, 1.54) is 6.20 Å². The van der Waals surface area contributed by atoms with Crippen molar-refractivity contribution < 1.29 is 9.47 Å². The lowest BCUT2D eigenvalue weighted by atomic mass is 10.1. The second kappa shape index (κ2) is 4.07. The van der Waals surface area contributed by atoms with Gasteiger partial charge in [0.25, 0.3) is 0 Å². The molecular weight excluding hydrogens is 204 g/mol. The highest BCUT2D eigenvalue weighted by Crippen LogP contribution is 2.32. The predicted octanol–water partition coefficient (Wildman–Crippen LogP) is 2.12. The molecule has 0 saturated carbocycles. The van der Waals surface area contributed by atoms with E-state index in [0.717, 1.165) is 10.8 Å². The molecule has 0 aliphatic carbocycles. The van der Waals surface area contributed by atoms with Crippen molar-refractivity contribution in [3.8, 4) is 17.6 Å². The van der Waals surface area contributed by atoms with Gasteiger partial charge >= 0.3 is 0 Å². The molecule has 4 heteroatoms. The number of nitrogens with zero attached hydrogens (tertiary/aromatic N) is 2. The SMILES string of the molecule is COc1cc2cncc(C#N)c2cc1OC. The first-order valence-corrected chi connectivity index (χ1v) is 4.70. The van der Waals surface area contributed by atoms with Crippen molar-refractivity contribution in [1.82, 2.24) is 4.98 Å². The summed E-state index contributed by atoms with van der Waals surface area (Å²) in [6, 6.07) is 5.69. The van der Waals surface area contributed by atoms with Gasteiger partial charge < -0.3 is 9.47 Å². The van der Waals surface area contributed by atoms with Crippen LogP contribution in [0.3, 0.4) is 0 Å². The van der Waals surface area contributed by atoms with E-state index in [9.17, 15) is 0 Å². The van der Waals surface area contributed by atoms with E-state index in [-0.39, 0.29) is 0 Å². The first-order chi connectivity index (χ1) is 7.80. The van der Waals surface area contributed by atoms with E-state index in [1.807, 2.05) is 6.07 Å². The Morgan fingerprint density at radius 2 is 1.81 bits per heavy atom. The Morgan fingerprint density at radius 1 is 1.12 bits per heavy atom. The van der Waals surface area contributed by atoms with Crippen LogP contribution in [0.5, 0.6) is 11.5 Å². The van der Waals surface area contributed by atoms with Gasteiger partial charge in [-0.05, 0) is 12.1 Å². The Bertz CT molecular complexity index is 573. The van der Waals surface area contributed by atoms with Crippen LogP contribution in [0.1, 0.15) is 5.56 Å². The van der Waals surface area contributed by atoms with E-state index < -0.39 is 0 Å². The van der Waals surface area contributed by atoms with Crippen LogP contribution in [0.15, 0.2) is 24.5 Å². The second-order valence-corrected chi connectivity index (χ2v) is 3.23. The third-order valence-corrected chi connectivity index (χ3v) is 2.38. The largest absolute Gasteiger partial charge is 0.493 e. The van der Waals surface area contributed by atoms with Crippen molar-refractivity contribution in [2.45, 2.75) is 0 Å². The van der Waals surface area contributed by atoms with Gasteiger partial charge in [0, 0.05) is 23.2 Å². The number of benzene rings is 1. The van der Waals surface area contributed by atoms with Crippen LogP contribution < -0.4 is 9.47 Å². The number of fused-ring (bicyclic) bond motifs is 1. The number of ether oxygens (including phenoxy) is 2. The molecule has 0 fully saturated rings. The van der Waals surface area contributed by atoms with Crippen LogP contribution in [0.2, 0.25) is 0 Å². The summed E-state index contributed by atoms with van der Waals surface area (Å²) in [5, 5.41) is 10.6. The van der Waals surface area contributed by atoms with Gasteiger partial charge in [0.1, 0.15) is 6.07 Å². The summed E-state index contributed by atoms with van der Waals surface area (Å²) in [5.74, 6) is 1.24. The number of aromatic nitrogens is 1. The van der Waals surface area contributed by atoms with Gasteiger partial charge in [-0.2, -0.15) is 5.26 Å².